The van der Waals surface area contributed by atoms with Crippen LogP contribution < -0.4 is 0 Å². The van der Waals surface area contributed by atoms with Gasteiger partial charge in [0.25, 0.3) is 5.91 Å². The van der Waals surface area contributed by atoms with E-state index in [1.165, 1.54) is 0 Å². The van der Waals surface area contributed by atoms with Crippen molar-refractivity contribution < 1.29 is 4.79 Å². The first-order valence-electron chi connectivity index (χ1n) is 4.61. The quantitative estimate of drug-likeness (QED) is 0.659. The van der Waals surface area contributed by atoms with Crippen molar-refractivity contribution >= 4 is 17.5 Å². The Balaban J connectivity index is 2.10. The Bertz CT molecular complexity index is 328. The molecule has 0 spiro atoms. The zero-order chi connectivity index (χ0) is 9.97. The van der Waals surface area contributed by atoms with E-state index >= 15 is 0 Å². The fourth-order valence-electron chi connectivity index (χ4n) is 1.58. The van der Waals surface area contributed by atoms with E-state index in [1.807, 2.05) is 0 Å². The molecule has 1 fully saturated rings. The molecular formula is C10H11ClN2O. The molecule has 1 aromatic rings. The average molecular weight is 211 g/mol. The van der Waals surface area contributed by atoms with Crippen molar-refractivity contribution in [2.45, 2.75) is 11.8 Å². The van der Waals surface area contributed by atoms with Crippen molar-refractivity contribution in [1.82, 2.24) is 9.88 Å². The number of likely N-dealkylation sites (tertiary alicyclic amines) is 1. The number of pyridine rings is 1. The van der Waals surface area contributed by atoms with Crippen LogP contribution in [0, 0.1) is 0 Å². The summed E-state index contributed by atoms with van der Waals surface area (Å²) in [7, 11) is 0. The molecule has 1 amide bonds. The molecule has 1 saturated heterocycles. The third-order valence-corrected chi connectivity index (χ3v) is 2.70. The van der Waals surface area contributed by atoms with Crippen LogP contribution in [-0.2, 0) is 0 Å². The molecule has 74 valence electrons. The van der Waals surface area contributed by atoms with Crippen LogP contribution in [0.3, 0.4) is 0 Å². The maximum Gasteiger partial charge on any atom is 0.254 e. The Morgan fingerprint density at radius 2 is 2.21 bits per heavy atom. The van der Waals surface area contributed by atoms with Gasteiger partial charge in [-0.15, -0.1) is 11.6 Å². The average Bonchev–Trinajstić information content (AvgIpc) is 2.65. The molecular weight excluding hydrogens is 200 g/mol. The van der Waals surface area contributed by atoms with Crippen molar-refractivity contribution in [3.8, 4) is 0 Å². The second-order valence-corrected chi connectivity index (χ2v) is 3.99. The standard InChI is InChI=1S/C10H11ClN2O/c11-9-3-6-13(7-9)10(14)8-1-4-12-5-2-8/h1-2,4-5,9H,3,6-7H2. The first-order valence-corrected chi connectivity index (χ1v) is 5.04. The minimum absolute atomic E-state index is 0.0514. The number of alkyl halides is 1. The SMILES string of the molecule is O=C(c1ccncc1)N1CCC(Cl)C1. The van der Waals surface area contributed by atoms with Gasteiger partial charge in [0.15, 0.2) is 0 Å². The molecule has 1 aliphatic rings. The van der Waals surface area contributed by atoms with Crippen molar-refractivity contribution in [1.29, 1.82) is 0 Å². The topological polar surface area (TPSA) is 33.2 Å². The molecule has 0 aliphatic carbocycles. The number of amides is 1. The first kappa shape index (κ1) is 9.46. The van der Waals surface area contributed by atoms with Gasteiger partial charge in [0.1, 0.15) is 0 Å². The number of rotatable bonds is 1. The zero-order valence-electron chi connectivity index (χ0n) is 7.69. The van der Waals surface area contributed by atoms with Crippen LogP contribution in [0.15, 0.2) is 24.5 Å². The normalized spacial score (nSPS) is 21.2. The van der Waals surface area contributed by atoms with Gasteiger partial charge < -0.3 is 4.90 Å². The lowest BCUT2D eigenvalue weighted by Gasteiger charge is -2.14. The van der Waals surface area contributed by atoms with Gasteiger partial charge in [-0.3, -0.25) is 9.78 Å². The summed E-state index contributed by atoms with van der Waals surface area (Å²) in [5.41, 5.74) is 0.686. The van der Waals surface area contributed by atoms with Crippen LogP contribution in [0.2, 0.25) is 0 Å². The molecule has 0 saturated carbocycles. The molecule has 3 nitrogen and oxygen atoms in total. The van der Waals surface area contributed by atoms with Crippen LogP contribution in [0.4, 0.5) is 0 Å². The molecule has 2 heterocycles. The van der Waals surface area contributed by atoms with Crippen LogP contribution in [-0.4, -0.2) is 34.3 Å². The van der Waals surface area contributed by atoms with Crippen LogP contribution in [0.5, 0.6) is 0 Å². The minimum atomic E-state index is 0.0514. The summed E-state index contributed by atoms with van der Waals surface area (Å²) in [6, 6.07) is 3.45. The Morgan fingerprint density at radius 1 is 1.50 bits per heavy atom. The van der Waals surface area contributed by atoms with Gasteiger partial charge in [0.2, 0.25) is 0 Å². The lowest BCUT2D eigenvalue weighted by molar-refractivity contribution is 0.0793. The third kappa shape index (κ3) is 1.87. The van der Waals surface area contributed by atoms with E-state index in [0.29, 0.717) is 12.1 Å². The highest BCUT2D eigenvalue weighted by Crippen LogP contribution is 2.16. The molecule has 0 bridgehead atoms. The molecule has 1 aromatic heterocycles. The Labute approximate surface area is 87.7 Å². The Hall–Kier alpha value is -1.09. The fraction of sp³-hybridized carbons (Fsp3) is 0.400. The maximum absolute atomic E-state index is 11.8. The van der Waals surface area contributed by atoms with Gasteiger partial charge in [-0.25, -0.2) is 0 Å². The zero-order valence-corrected chi connectivity index (χ0v) is 8.44. The van der Waals surface area contributed by atoms with Crippen molar-refractivity contribution in [2.24, 2.45) is 0 Å². The smallest absolute Gasteiger partial charge is 0.254 e. The summed E-state index contributed by atoms with van der Waals surface area (Å²) >= 11 is 5.93. The molecule has 4 heteroatoms. The number of nitrogens with zero attached hydrogens (tertiary/aromatic N) is 2. The second kappa shape index (κ2) is 3.96. The maximum atomic E-state index is 11.8. The number of aromatic nitrogens is 1. The number of carbonyl (C=O) groups excluding carboxylic acids is 1. The van der Waals surface area contributed by atoms with Crippen LogP contribution >= 0.6 is 11.6 Å². The number of hydrogen-bond acceptors (Lipinski definition) is 2. The summed E-state index contributed by atoms with van der Waals surface area (Å²) < 4.78 is 0. The van der Waals surface area contributed by atoms with E-state index in [1.54, 1.807) is 29.4 Å². The van der Waals surface area contributed by atoms with E-state index in [2.05, 4.69) is 4.98 Å². The van der Waals surface area contributed by atoms with E-state index in [4.69, 9.17) is 11.6 Å². The van der Waals surface area contributed by atoms with E-state index in [0.717, 1.165) is 13.0 Å². The molecule has 1 unspecified atom stereocenters. The predicted molar refractivity (Wildman–Crippen MR) is 54.4 cm³/mol. The molecule has 1 atom stereocenters. The monoisotopic (exact) mass is 210 g/mol. The van der Waals surface area contributed by atoms with E-state index in [-0.39, 0.29) is 11.3 Å². The molecule has 0 aromatic carbocycles. The molecule has 2 rings (SSSR count). The lowest BCUT2D eigenvalue weighted by atomic mass is 10.2. The second-order valence-electron chi connectivity index (χ2n) is 3.37. The Morgan fingerprint density at radius 3 is 2.79 bits per heavy atom. The van der Waals surface area contributed by atoms with Gasteiger partial charge >= 0.3 is 0 Å². The van der Waals surface area contributed by atoms with Gasteiger partial charge in [0.05, 0.1) is 5.38 Å². The number of carbonyl (C=O) groups is 1. The summed E-state index contributed by atoms with van der Waals surface area (Å²) in [5.74, 6) is 0.0514. The summed E-state index contributed by atoms with van der Waals surface area (Å²) in [5, 5.41) is 0.112. The van der Waals surface area contributed by atoms with Crippen molar-refractivity contribution in [3.63, 3.8) is 0 Å². The summed E-state index contributed by atoms with van der Waals surface area (Å²) in [6.45, 7) is 1.41. The Kier molecular flexibility index (Phi) is 2.68. The predicted octanol–water partition coefficient (Wildman–Crippen LogP) is 1.53. The fourth-order valence-corrected chi connectivity index (χ4v) is 1.84. The van der Waals surface area contributed by atoms with Gasteiger partial charge in [-0.2, -0.15) is 0 Å². The van der Waals surface area contributed by atoms with E-state index in [9.17, 15) is 4.79 Å². The molecule has 1 aliphatic heterocycles. The van der Waals surface area contributed by atoms with Crippen molar-refractivity contribution in [2.75, 3.05) is 13.1 Å². The first-order chi connectivity index (χ1) is 6.77. The molecule has 0 radical (unpaired) electrons. The third-order valence-electron chi connectivity index (χ3n) is 2.35. The summed E-state index contributed by atoms with van der Waals surface area (Å²) in [6.07, 6.45) is 4.14. The number of halogens is 1. The van der Waals surface area contributed by atoms with Gasteiger partial charge in [-0.05, 0) is 18.6 Å². The van der Waals surface area contributed by atoms with E-state index < -0.39 is 0 Å². The van der Waals surface area contributed by atoms with Crippen LogP contribution in [0.25, 0.3) is 0 Å². The summed E-state index contributed by atoms with van der Waals surface area (Å²) in [4.78, 5) is 17.5. The van der Waals surface area contributed by atoms with Gasteiger partial charge in [-0.1, -0.05) is 0 Å². The number of hydrogen-bond donors (Lipinski definition) is 0. The lowest BCUT2D eigenvalue weighted by Crippen LogP contribution is -2.28. The highest BCUT2D eigenvalue weighted by Gasteiger charge is 2.25. The highest BCUT2D eigenvalue weighted by molar-refractivity contribution is 6.21. The molecule has 14 heavy (non-hydrogen) atoms. The van der Waals surface area contributed by atoms with Crippen LogP contribution in [0.1, 0.15) is 16.8 Å². The van der Waals surface area contributed by atoms with Gasteiger partial charge in [0, 0.05) is 31.0 Å². The minimum Gasteiger partial charge on any atom is -0.337 e. The largest absolute Gasteiger partial charge is 0.337 e. The molecule has 0 N–H and O–H groups in total. The highest BCUT2D eigenvalue weighted by atomic mass is 35.5. The van der Waals surface area contributed by atoms with Crippen molar-refractivity contribution in [3.05, 3.63) is 30.1 Å².